The summed E-state index contributed by atoms with van der Waals surface area (Å²) in [5.41, 5.74) is 4.29. The Balaban J connectivity index is 0.000000204. The zero-order chi connectivity index (χ0) is 39.6. The zero-order valence-electron chi connectivity index (χ0n) is 31.2. The molecule has 10 heteroatoms. The Morgan fingerprint density at radius 1 is 0.481 bits per heavy atom. The van der Waals surface area contributed by atoms with Crippen molar-refractivity contribution < 1.29 is 28.6 Å². The number of hydrogen-bond donors (Lipinski definition) is 2. The van der Waals surface area contributed by atoms with E-state index in [1.54, 1.807) is 62.3 Å². The Kier molecular flexibility index (Phi) is 14.3. The predicted octanol–water partition coefficient (Wildman–Crippen LogP) is 12.0. The third-order valence-corrected chi connectivity index (χ3v) is 13.0. The van der Waals surface area contributed by atoms with Gasteiger partial charge in [0, 0.05) is 28.1 Å². The fourth-order valence-corrected chi connectivity index (χ4v) is 8.12. The van der Waals surface area contributed by atoms with Crippen molar-refractivity contribution in [2.24, 2.45) is 0 Å². The number of methoxy groups -OCH3 is 1. The Labute approximate surface area is 328 Å². The third-order valence-electron chi connectivity index (χ3n) is 9.13. The lowest BCUT2D eigenvalue weighted by molar-refractivity contribution is 0.414. The fourth-order valence-electron chi connectivity index (χ4n) is 5.58. The molecule has 54 heavy (non-hydrogen) atoms. The van der Waals surface area contributed by atoms with Gasteiger partial charge in [0.15, 0.2) is 0 Å². The summed E-state index contributed by atoms with van der Waals surface area (Å²) < 4.78 is 34.9. The van der Waals surface area contributed by atoms with Gasteiger partial charge in [0.25, 0.3) is 13.2 Å². The molecule has 0 saturated heterocycles. The highest BCUT2D eigenvalue weighted by atomic mass is 35.9. The van der Waals surface area contributed by atoms with Crippen molar-refractivity contribution in [1.29, 1.82) is 0 Å². The predicted molar refractivity (Wildman–Crippen MR) is 226 cm³/mol. The number of hydrogen-bond acceptors (Lipinski definition) is 6. The highest BCUT2D eigenvalue weighted by Gasteiger charge is 2.25. The van der Waals surface area contributed by atoms with Crippen molar-refractivity contribution in [3.8, 4) is 23.0 Å². The summed E-state index contributed by atoms with van der Waals surface area (Å²) in [5.74, 6) is -1.07. The van der Waals surface area contributed by atoms with Gasteiger partial charge in [-0.15, -0.1) is 0 Å². The molecule has 6 nitrogen and oxygen atoms in total. The molecule has 0 aromatic heterocycles. The Hall–Kier alpha value is -4.44. The molecule has 0 amide bonds. The van der Waals surface area contributed by atoms with Crippen molar-refractivity contribution >= 4 is 46.3 Å². The summed E-state index contributed by atoms with van der Waals surface area (Å²) in [5, 5.41) is 19.8. The maximum Gasteiger partial charge on any atom is 0.281 e. The first-order valence-corrected chi connectivity index (χ1v) is 22.7. The van der Waals surface area contributed by atoms with E-state index >= 15 is 0 Å². The van der Waals surface area contributed by atoms with Crippen LogP contribution in [0, 0.1) is 0 Å². The number of phenols is 2. The summed E-state index contributed by atoms with van der Waals surface area (Å²) >= 11 is 10.8. The number of phenolic OH excluding ortho intramolecular Hbond substituents is 2. The van der Waals surface area contributed by atoms with E-state index in [9.17, 15) is 19.3 Å². The third kappa shape index (κ3) is 11.5. The van der Waals surface area contributed by atoms with Crippen molar-refractivity contribution in [1.82, 2.24) is 0 Å². The standard InChI is InChI=1S/C23H25O3P.C15H16O2.C6H5Cl2OP/c1-23(2,18-10-14-20(25-3)15-11-18)19-12-16-21(17-13-19)26-27(4,24)22-8-6-5-7-9-22;1-15(2,11-3-7-13(16)8-4-11)12-5-9-14(17)10-6-12;7-10(8,9)6-4-2-1-3-5-6/h5-17H,1-4H3;3-10,16-17H,1-2H3;1-5H. The smallest absolute Gasteiger partial charge is 0.281 e. The van der Waals surface area contributed by atoms with Crippen LogP contribution in [0.4, 0.5) is 0 Å². The topological polar surface area (TPSA) is 93.1 Å². The van der Waals surface area contributed by atoms with E-state index in [0.717, 1.165) is 22.4 Å². The second-order valence-corrected chi connectivity index (χ2v) is 20.9. The minimum absolute atomic E-state index is 0.151. The molecule has 1 unspecified atom stereocenters. The number of benzene rings is 6. The second kappa shape index (κ2) is 18.3. The average Bonchev–Trinajstić information content (AvgIpc) is 3.16. The van der Waals surface area contributed by atoms with E-state index in [1.165, 1.54) is 5.56 Å². The monoisotopic (exact) mass is 802 g/mol. The van der Waals surface area contributed by atoms with Gasteiger partial charge in [0.1, 0.15) is 23.0 Å². The minimum atomic E-state index is -3.07. The molecule has 1 atom stereocenters. The fraction of sp³-hybridized carbons (Fsp3) is 0.182. The highest BCUT2D eigenvalue weighted by Crippen LogP contribution is 2.55. The SMILES string of the molecule is CC(C)(c1ccc(O)cc1)c1ccc(O)cc1.COc1ccc(C(C)(C)c2ccc(OP(C)(=O)c3ccccc3)cc2)cc1.O=P(Cl)(Cl)c1ccccc1. The molecule has 2 N–H and O–H groups in total. The molecule has 0 fully saturated rings. The van der Waals surface area contributed by atoms with Gasteiger partial charge in [-0.25, -0.2) is 0 Å². The molecular weight excluding hydrogens is 757 g/mol. The van der Waals surface area contributed by atoms with Crippen molar-refractivity contribution in [3.63, 3.8) is 0 Å². The van der Waals surface area contributed by atoms with Crippen molar-refractivity contribution in [2.45, 2.75) is 38.5 Å². The van der Waals surface area contributed by atoms with Crippen LogP contribution < -0.4 is 19.9 Å². The van der Waals surface area contributed by atoms with Crippen LogP contribution in [-0.2, 0) is 20.0 Å². The molecule has 6 aromatic rings. The highest BCUT2D eigenvalue weighted by molar-refractivity contribution is 8.13. The number of rotatable bonds is 9. The molecule has 0 aliphatic carbocycles. The van der Waals surface area contributed by atoms with Crippen LogP contribution in [0.5, 0.6) is 23.0 Å². The largest absolute Gasteiger partial charge is 0.508 e. The first-order chi connectivity index (χ1) is 25.4. The van der Waals surface area contributed by atoms with Gasteiger partial charge in [-0.05, 0) is 118 Å². The van der Waals surface area contributed by atoms with Gasteiger partial charge in [0.05, 0.1) is 7.11 Å². The second-order valence-electron chi connectivity index (χ2n) is 13.7. The van der Waals surface area contributed by atoms with Crippen LogP contribution in [0.2, 0.25) is 0 Å². The van der Waals surface area contributed by atoms with Crippen LogP contribution in [0.25, 0.3) is 0 Å². The molecule has 0 aliphatic rings. The summed E-state index contributed by atoms with van der Waals surface area (Å²) in [6.45, 7) is 10.2. The van der Waals surface area contributed by atoms with Crippen molar-refractivity contribution in [2.75, 3.05) is 13.8 Å². The van der Waals surface area contributed by atoms with Gasteiger partial charge in [0.2, 0.25) is 0 Å². The molecule has 0 radical (unpaired) electrons. The quantitative estimate of drug-likeness (QED) is 0.141. The van der Waals surface area contributed by atoms with E-state index in [0.29, 0.717) is 16.4 Å². The van der Waals surface area contributed by atoms with Crippen LogP contribution in [0.1, 0.15) is 49.9 Å². The summed E-state index contributed by atoms with van der Waals surface area (Å²) in [7, 11) is -1.24. The van der Waals surface area contributed by atoms with Gasteiger partial charge >= 0.3 is 0 Å². The Morgan fingerprint density at radius 3 is 1.11 bits per heavy atom. The molecular formula is C44H46Cl2O6P2. The molecule has 6 aromatic carbocycles. The van der Waals surface area contributed by atoms with Gasteiger partial charge in [-0.1, -0.05) is 113 Å². The van der Waals surface area contributed by atoms with E-state index in [1.807, 2.05) is 97.1 Å². The molecule has 0 aliphatic heterocycles. The van der Waals surface area contributed by atoms with Crippen molar-refractivity contribution in [3.05, 3.63) is 180 Å². The van der Waals surface area contributed by atoms with Crippen LogP contribution in [0.15, 0.2) is 158 Å². The van der Waals surface area contributed by atoms with Gasteiger partial charge < -0.3 is 19.5 Å². The van der Waals surface area contributed by atoms with Crippen LogP contribution >= 0.6 is 35.7 Å². The van der Waals surface area contributed by atoms with Crippen LogP contribution in [-0.4, -0.2) is 24.0 Å². The lowest BCUT2D eigenvalue weighted by atomic mass is 9.78. The zero-order valence-corrected chi connectivity index (χ0v) is 34.5. The first-order valence-electron chi connectivity index (χ1n) is 17.2. The molecule has 6 rings (SSSR count). The van der Waals surface area contributed by atoms with E-state index < -0.39 is 13.2 Å². The summed E-state index contributed by atoms with van der Waals surface area (Å²) in [6.07, 6.45) is 0. The summed E-state index contributed by atoms with van der Waals surface area (Å²) in [6, 6.07) is 48.3. The van der Waals surface area contributed by atoms with E-state index in [-0.39, 0.29) is 22.3 Å². The maximum absolute atomic E-state index is 12.9. The lowest BCUT2D eigenvalue weighted by Crippen LogP contribution is -2.18. The normalized spacial score (nSPS) is 12.5. The van der Waals surface area contributed by atoms with E-state index in [2.05, 4.69) is 39.8 Å². The number of halogens is 2. The van der Waals surface area contributed by atoms with Gasteiger partial charge in [-0.2, -0.15) is 0 Å². The van der Waals surface area contributed by atoms with Gasteiger partial charge in [-0.3, -0.25) is 9.13 Å². The Morgan fingerprint density at radius 2 is 0.796 bits per heavy atom. The van der Waals surface area contributed by atoms with E-state index in [4.69, 9.17) is 31.7 Å². The Bertz CT molecular complexity index is 2100. The first kappa shape index (κ1) is 42.3. The molecule has 282 valence electrons. The number of ether oxygens (including phenoxy) is 1. The minimum Gasteiger partial charge on any atom is -0.508 e. The molecule has 0 bridgehead atoms. The molecule has 0 saturated carbocycles. The summed E-state index contributed by atoms with van der Waals surface area (Å²) in [4.78, 5) is 0. The average molecular weight is 804 g/mol. The van der Waals surface area contributed by atoms with Crippen LogP contribution in [0.3, 0.4) is 0 Å². The molecule has 0 heterocycles. The maximum atomic E-state index is 12.9. The molecule has 0 spiro atoms. The lowest BCUT2D eigenvalue weighted by Gasteiger charge is -2.26. The number of aromatic hydroxyl groups is 2.